The molecule has 2 fully saturated rings. The van der Waals surface area contributed by atoms with Crippen LogP contribution in [0.1, 0.15) is 24.8 Å². The summed E-state index contributed by atoms with van der Waals surface area (Å²) in [4.78, 5) is 0. The molecule has 2 atom stereocenters. The van der Waals surface area contributed by atoms with Crippen LogP contribution in [0.4, 0.5) is 0 Å². The summed E-state index contributed by atoms with van der Waals surface area (Å²) in [5, 5.41) is 1.25. The number of benzene rings is 1. The van der Waals surface area contributed by atoms with Gasteiger partial charge in [0.1, 0.15) is 0 Å². The Morgan fingerprint density at radius 1 is 1.19 bits per heavy atom. The van der Waals surface area contributed by atoms with Gasteiger partial charge >= 0.3 is 0 Å². The molecule has 3 rings (SSSR count). The van der Waals surface area contributed by atoms with E-state index in [4.69, 9.17) is 28.9 Å². The largest absolute Gasteiger partial charge is 0.324 e. The second-order valence-electron chi connectivity index (χ2n) is 5.18. The minimum atomic E-state index is 0.0510. The Hall–Kier alpha value is -0.240. The van der Waals surface area contributed by atoms with E-state index in [0.717, 1.165) is 18.3 Å². The van der Waals surface area contributed by atoms with Crippen molar-refractivity contribution in [3.05, 3.63) is 33.8 Å². The molecule has 0 spiro atoms. The van der Waals surface area contributed by atoms with E-state index in [9.17, 15) is 0 Å². The maximum atomic E-state index is 6.44. The van der Waals surface area contributed by atoms with Crippen molar-refractivity contribution >= 4 is 23.2 Å². The van der Waals surface area contributed by atoms with E-state index in [1.165, 1.54) is 24.8 Å². The summed E-state index contributed by atoms with van der Waals surface area (Å²) in [6, 6.07) is 5.85. The maximum Gasteiger partial charge on any atom is 0.0595 e. The third-order valence-corrected chi connectivity index (χ3v) is 5.02. The molecule has 2 aliphatic carbocycles. The molecule has 3 heteroatoms. The van der Waals surface area contributed by atoms with E-state index in [-0.39, 0.29) is 5.54 Å². The highest BCUT2D eigenvalue weighted by Gasteiger charge is 2.62. The van der Waals surface area contributed by atoms with Crippen LogP contribution < -0.4 is 5.73 Å². The van der Waals surface area contributed by atoms with Crippen molar-refractivity contribution < 1.29 is 0 Å². The van der Waals surface area contributed by atoms with Gasteiger partial charge in [-0.2, -0.15) is 0 Å². The van der Waals surface area contributed by atoms with Gasteiger partial charge in [0.2, 0.25) is 0 Å². The number of fused-ring (bicyclic) bond motifs is 1. The first-order chi connectivity index (χ1) is 7.61. The Balaban J connectivity index is 1.78. The lowest BCUT2D eigenvalue weighted by atomic mass is 9.97. The smallest absolute Gasteiger partial charge is 0.0595 e. The molecular formula is C13H15Cl2N. The second-order valence-corrected chi connectivity index (χ2v) is 6.00. The van der Waals surface area contributed by atoms with E-state index in [1.807, 2.05) is 18.2 Å². The summed E-state index contributed by atoms with van der Waals surface area (Å²) < 4.78 is 0. The lowest BCUT2D eigenvalue weighted by molar-refractivity contribution is 0.501. The first kappa shape index (κ1) is 10.9. The molecular weight excluding hydrogens is 241 g/mol. The summed E-state index contributed by atoms with van der Waals surface area (Å²) >= 11 is 11.9. The van der Waals surface area contributed by atoms with Gasteiger partial charge in [0, 0.05) is 5.54 Å². The predicted molar refractivity (Wildman–Crippen MR) is 67.9 cm³/mol. The van der Waals surface area contributed by atoms with E-state index < -0.39 is 0 Å². The van der Waals surface area contributed by atoms with Crippen LogP contribution in [0.25, 0.3) is 0 Å². The summed E-state index contributed by atoms with van der Waals surface area (Å²) in [6.45, 7) is 0. The van der Waals surface area contributed by atoms with E-state index in [0.29, 0.717) is 10.0 Å². The van der Waals surface area contributed by atoms with Gasteiger partial charge in [-0.15, -0.1) is 0 Å². The third kappa shape index (κ3) is 1.57. The van der Waals surface area contributed by atoms with Gasteiger partial charge in [-0.3, -0.25) is 0 Å². The standard InChI is InChI=1S/C13H15Cl2N/c14-11-5-4-8(6-12(11)15)7-13(16)9-2-1-3-10(9)13/h4-6,9-10H,1-3,7,16H2. The first-order valence-corrected chi connectivity index (χ1v) is 6.59. The van der Waals surface area contributed by atoms with Gasteiger partial charge in [0.15, 0.2) is 0 Å². The molecule has 0 bridgehead atoms. The van der Waals surface area contributed by atoms with Gasteiger partial charge in [-0.05, 0) is 48.8 Å². The number of halogens is 2. The van der Waals surface area contributed by atoms with Crippen LogP contribution in [-0.4, -0.2) is 5.54 Å². The molecule has 2 unspecified atom stereocenters. The highest BCUT2D eigenvalue weighted by atomic mass is 35.5. The lowest BCUT2D eigenvalue weighted by Gasteiger charge is -2.15. The molecule has 0 aromatic heterocycles. The minimum absolute atomic E-state index is 0.0510. The fraction of sp³-hybridized carbons (Fsp3) is 0.538. The predicted octanol–water partition coefficient (Wildman–Crippen LogP) is 3.66. The average molecular weight is 256 g/mol. The van der Waals surface area contributed by atoms with Crippen LogP contribution >= 0.6 is 23.2 Å². The highest BCUT2D eigenvalue weighted by Crippen LogP contribution is 2.60. The van der Waals surface area contributed by atoms with Gasteiger partial charge in [-0.25, -0.2) is 0 Å². The summed E-state index contributed by atoms with van der Waals surface area (Å²) in [6.07, 6.45) is 4.92. The van der Waals surface area contributed by atoms with Crippen LogP contribution in [0.5, 0.6) is 0 Å². The normalized spacial score (nSPS) is 36.2. The molecule has 0 heterocycles. The molecule has 1 nitrogen and oxygen atoms in total. The van der Waals surface area contributed by atoms with Gasteiger partial charge in [0.05, 0.1) is 10.0 Å². The van der Waals surface area contributed by atoms with Gasteiger partial charge in [-0.1, -0.05) is 35.7 Å². The van der Waals surface area contributed by atoms with Crippen molar-refractivity contribution in [1.29, 1.82) is 0 Å². The van der Waals surface area contributed by atoms with Crippen LogP contribution in [0.3, 0.4) is 0 Å². The summed E-state index contributed by atoms with van der Waals surface area (Å²) in [5.74, 6) is 1.50. The van der Waals surface area contributed by atoms with Crippen LogP contribution in [0.15, 0.2) is 18.2 Å². The van der Waals surface area contributed by atoms with Crippen molar-refractivity contribution in [2.75, 3.05) is 0 Å². The van der Waals surface area contributed by atoms with Crippen molar-refractivity contribution in [2.45, 2.75) is 31.2 Å². The Morgan fingerprint density at radius 2 is 1.88 bits per heavy atom. The molecule has 2 N–H and O–H groups in total. The number of rotatable bonds is 2. The topological polar surface area (TPSA) is 26.0 Å². The fourth-order valence-corrected chi connectivity index (χ4v) is 3.71. The third-order valence-electron chi connectivity index (χ3n) is 4.28. The Bertz CT molecular complexity index is 420. The van der Waals surface area contributed by atoms with Crippen molar-refractivity contribution in [3.63, 3.8) is 0 Å². The zero-order chi connectivity index (χ0) is 11.3. The highest BCUT2D eigenvalue weighted by molar-refractivity contribution is 6.42. The summed E-state index contributed by atoms with van der Waals surface area (Å²) in [5.41, 5.74) is 7.71. The zero-order valence-electron chi connectivity index (χ0n) is 9.05. The Labute approximate surface area is 106 Å². The number of nitrogens with two attached hydrogens (primary N) is 1. The molecule has 1 aromatic rings. The summed E-state index contributed by atoms with van der Waals surface area (Å²) in [7, 11) is 0. The van der Waals surface area contributed by atoms with Crippen molar-refractivity contribution in [3.8, 4) is 0 Å². The average Bonchev–Trinajstić information content (AvgIpc) is 2.69. The molecule has 16 heavy (non-hydrogen) atoms. The second kappa shape index (κ2) is 3.63. The number of hydrogen-bond donors (Lipinski definition) is 1. The van der Waals surface area contributed by atoms with E-state index in [2.05, 4.69) is 0 Å². The van der Waals surface area contributed by atoms with Crippen LogP contribution in [0.2, 0.25) is 10.0 Å². The van der Waals surface area contributed by atoms with E-state index >= 15 is 0 Å². The molecule has 0 amide bonds. The first-order valence-electron chi connectivity index (χ1n) is 5.84. The molecule has 0 radical (unpaired) electrons. The van der Waals surface area contributed by atoms with E-state index in [1.54, 1.807) is 0 Å². The molecule has 86 valence electrons. The van der Waals surface area contributed by atoms with Crippen LogP contribution in [0, 0.1) is 11.8 Å². The van der Waals surface area contributed by atoms with Crippen molar-refractivity contribution in [1.82, 2.24) is 0 Å². The number of hydrogen-bond acceptors (Lipinski definition) is 1. The fourth-order valence-electron chi connectivity index (χ4n) is 3.39. The Kier molecular flexibility index (Phi) is 2.47. The zero-order valence-corrected chi connectivity index (χ0v) is 10.6. The van der Waals surface area contributed by atoms with Gasteiger partial charge < -0.3 is 5.73 Å². The van der Waals surface area contributed by atoms with Gasteiger partial charge in [0.25, 0.3) is 0 Å². The molecule has 2 aliphatic rings. The SMILES string of the molecule is NC1(Cc2ccc(Cl)c(Cl)c2)C2CCCC21. The molecule has 2 saturated carbocycles. The lowest BCUT2D eigenvalue weighted by Crippen LogP contribution is -2.31. The Morgan fingerprint density at radius 3 is 2.50 bits per heavy atom. The van der Waals surface area contributed by atoms with Crippen LogP contribution in [-0.2, 0) is 6.42 Å². The molecule has 1 aromatic carbocycles. The monoisotopic (exact) mass is 255 g/mol. The molecule has 0 saturated heterocycles. The quantitative estimate of drug-likeness (QED) is 0.858. The minimum Gasteiger partial charge on any atom is -0.324 e. The maximum absolute atomic E-state index is 6.44. The molecule has 0 aliphatic heterocycles. The van der Waals surface area contributed by atoms with Crippen molar-refractivity contribution in [2.24, 2.45) is 17.6 Å².